The minimum atomic E-state index is -0.139. The van der Waals surface area contributed by atoms with Crippen LogP contribution in [-0.4, -0.2) is 31.5 Å². The topological polar surface area (TPSA) is 67.4 Å². The standard InChI is InChI=1S/C18H26N2O3/c1-13(2)9-12-23-16-7-5-15(6-8-16)18(22)20-11-10-19-17(21)14-3-4-14/h5-8,13-14H,3-4,9-12H2,1-2H3,(H,19,21)(H,20,22). The number of carbonyl (C=O) groups excluding carboxylic acids is 2. The predicted molar refractivity (Wildman–Crippen MR) is 89.5 cm³/mol. The summed E-state index contributed by atoms with van der Waals surface area (Å²) < 4.78 is 5.63. The lowest BCUT2D eigenvalue weighted by Gasteiger charge is -2.09. The van der Waals surface area contributed by atoms with Crippen LogP contribution in [0.4, 0.5) is 0 Å². The van der Waals surface area contributed by atoms with Crippen molar-refractivity contribution in [3.63, 3.8) is 0 Å². The summed E-state index contributed by atoms with van der Waals surface area (Å²) in [7, 11) is 0. The number of rotatable bonds is 9. The maximum absolute atomic E-state index is 12.0. The van der Waals surface area contributed by atoms with Gasteiger partial charge in [0.2, 0.25) is 5.91 Å². The van der Waals surface area contributed by atoms with Crippen molar-refractivity contribution in [2.45, 2.75) is 33.1 Å². The summed E-state index contributed by atoms with van der Waals surface area (Å²) in [6.45, 7) is 5.90. The highest BCUT2D eigenvalue weighted by molar-refractivity contribution is 5.94. The Bertz CT molecular complexity index is 522. The molecule has 5 heteroatoms. The van der Waals surface area contributed by atoms with Crippen LogP contribution in [0.25, 0.3) is 0 Å². The third kappa shape index (κ3) is 6.30. The van der Waals surface area contributed by atoms with Crippen LogP contribution in [0.5, 0.6) is 5.75 Å². The fourth-order valence-corrected chi connectivity index (χ4v) is 2.07. The van der Waals surface area contributed by atoms with Gasteiger partial charge in [0.25, 0.3) is 5.91 Å². The van der Waals surface area contributed by atoms with E-state index < -0.39 is 0 Å². The third-order valence-corrected chi connectivity index (χ3v) is 3.74. The van der Waals surface area contributed by atoms with E-state index >= 15 is 0 Å². The average Bonchev–Trinajstić information content (AvgIpc) is 3.36. The zero-order valence-corrected chi connectivity index (χ0v) is 13.9. The van der Waals surface area contributed by atoms with Crippen molar-refractivity contribution in [1.29, 1.82) is 0 Å². The number of ether oxygens (including phenoxy) is 1. The minimum absolute atomic E-state index is 0.0992. The Labute approximate surface area is 137 Å². The van der Waals surface area contributed by atoms with E-state index in [0.29, 0.717) is 31.2 Å². The molecule has 0 aromatic heterocycles. The summed E-state index contributed by atoms with van der Waals surface area (Å²) >= 11 is 0. The molecule has 23 heavy (non-hydrogen) atoms. The molecule has 2 N–H and O–H groups in total. The first kappa shape index (κ1) is 17.3. The lowest BCUT2D eigenvalue weighted by atomic mass is 10.1. The zero-order chi connectivity index (χ0) is 16.7. The fraction of sp³-hybridized carbons (Fsp3) is 0.556. The molecule has 0 unspecified atom stereocenters. The van der Waals surface area contributed by atoms with Crippen molar-refractivity contribution in [3.8, 4) is 5.75 Å². The molecular weight excluding hydrogens is 292 g/mol. The highest BCUT2D eigenvalue weighted by atomic mass is 16.5. The van der Waals surface area contributed by atoms with Crippen molar-refractivity contribution >= 4 is 11.8 Å². The summed E-state index contributed by atoms with van der Waals surface area (Å²) in [4.78, 5) is 23.4. The van der Waals surface area contributed by atoms with E-state index in [1.54, 1.807) is 12.1 Å². The van der Waals surface area contributed by atoms with Crippen LogP contribution >= 0.6 is 0 Å². The zero-order valence-electron chi connectivity index (χ0n) is 13.9. The van der Waals surface area contributed by atoms with Crippen LogP contribution in [0.15, 0.2) is 24.3 Å². The van der Waals surface area contributed by atoms with Gasteiger partial charge < -0.3 is 15.4 Å². The molecule has 2 amide bonds. The maximum atomic E-state index is 12.0. The molecule has 2 rings (SSSR count). The molecule has 1 fully saturated rings. The van der Waals surface area contributed by atoms with Crippen molar-refractivity contribution < 1.29 is 14.3 Å². The summed E-state index contributed by atoms with van der Waals surface area (Å²) in [5, 5.41) is 5.62. The molecule has 0 heterocycles. The molecule has 0 spiro atoms. The van der Waals surface area contributed by atoms with Gasteiger partial charge in [-0.2, -0.15) is 0 Å². The van der Waals surface area contributed by atoms with E-state index in [4.69, 9.17) is 4.74 Å². The maximum Gasteiger partial charge on any atom is 0.251 e. The van der Waals surface area contributed by atoms with Gasteiger partial charge in [-0.05, 0) is 49.4 Å². The molecule has 1 aliphatic rings. The van der Waals surface area contributed by atoms with Gasteiger partial charge in [-0.3, -0.25) is 9.59 Å². The molecular formula is C18H26N2O3. The fourth-order valence-electron chi connectivity index (χ4n) is 2.07. The second-order valence-electron chi connectivity index (χ2n) is 6.38. The van der Waals surface area contributed by atoms with E-state index in [-0.39, 0.29) is 17.7 Å². The summed E-state index contributed by atoms with van der Waals surface area (Å²) in [5.41, 5.74) is 0.592. The van der Waals surface area contributed by atoms with Crippen molar-refractivity contribution in [2.75, 3.05) is 19.7 Å². The van der Waals surface area contributed by atoms with Gasteiger partial charge in [-0.25, -0.2) is 0 Å². The first-order chi connectivity index (χ1) is 11.1. The molecule has 1 aromatic rings. The molecule has 0 saturated heterocycles. The van der Waals surface area contributed by atoms with E-state index in [2.05, 4.69) is 24.5 Å². The molecule has 0 aliphatic heterocycles. The van der Waals surface area contributed by atoms with Gasteiger partial charge in [0.05, 0.1) is 6.61 Å². The first-order valence-corrected chi connectivity index (χ1v) is 8.35. The minimum Gasteiger partial charge on any atom is -0.494 e. The molecule has 0 radical (unpaired) electrons. The quantitative estimate of drug-likeness (QED) is 0.687. The van der Waals surface area contributed by atoms with Gasteiger partial charge in [0.1, 0.15) is 5.75 Å². The Kier molecular flexibility index (Phi) is 6.44. The largest absolute Gasteiger partial charge is 0.494 e. The van der Waals surface area contributed by atoms with Crippen LogP contribution in [0, 0.1) is 11.8 Å². The van der Waals surface area contributed by atoms with E-state index in [9.17, 15) is 9.59 Å². The molecule has 5 nitrogen and oxygen atoms in total. The molecule has 1 aliphatic carbocycles. The Hall–Kier alpha value is -2.04. The van der Waals surface area contributed by atoms with Gasteiger partial charge in [-0.1, -0.05) is 13.8 Å². The van der Waals surface area contributed by atoms with Crippen molar-refractivity contribution in [1.82, 2.24) is 10.6 Å². The Morgan fingerprint density at radius 3 is 2.39 bits per heavy atom. The van der Waals surface area contributed by atoms with Gasteiger partial charge in [-0.15, -0.1) is 0 Å². The van der Waals surface area contributed by atoms with Crippen LogP contribution in [0.2, 0.25) is 0 Å². The second kappa shape index (κ2) is 8.56. The second-order valence-corrected chi connectivity index (χ2v) is 6.38. The number of hydrogen-bond donors (Lipinski definition) is 2. The summed E-state index contributed by atoms with van der Waals surface area (Å²) in [6.07, 6.45) is 2.99. The highest BCUT2D eigenvalue weighted by Gasteiger charge is 2.28. The first-order valence-electron chi connectivity index (χ1n) is 8.35. The molecule has 126 valence electrons. The number of hydrogen-bond acceptors (Lipinski definition) is 3. The average molecular weight is 318 g/mol. The Morgan fingerprint density at radius 2 is 1.78 bits per heavy atom. The van der Waals surface area contributed by atoms with Crippen LogP contribution in [-0.2, 0) is 4.79 Å². The number of nitrogens with one attached hydrogen (secondary N) is 2. The smallest absolute Gasteiger partial charge is 0.251 e. The number of carbonyl (C=O) groups is 2. The lowest BCUT2D eigenvalue weighted by Crippen LogP contribution is -2.35. The van der Waals surface area contributed by atoms with Gasteiger partial charge in [0, 0.05) is 24.6 Å². The molecule has 0 bridgehead atoms. The predicted octanol–water partition coefficient (Wildman–Crippen LogP) is 2.37. The SMILES string of the molecule is CC(C)CCOc1ccc(C(=O)NCCNC(=O)C2CC2)cc1. The monoisotopic (exact) mass is 318 g/mol. The van der Waals surface area contributed by atoms with Crippen LogP contribution in [0.1, 0.15) is 43.5 Å². The third-order valence-electron chi connectivity index (χ3n) is 3.74. The Balaban J connectivity index is 1.66. The van der Waals surface area contributed by atoms with E-state index in [1.807, 2.05) is 12.1 Å². The molecule has 1 saturated carbocycles. The van der Waals surface area contributed by atoms with Crippen LogP contribution in [0.3, 0.4) is 0 Å². The van der Waals surface area contributed by atoms with Crippen LogP contribution < -0.4 is 15.4 Å². The van der Waals surface area contributed by atoms with Gasteiger partial charge >= 0.3 is 0 Å². The van der Waals surface area contributed by atoms with Gasteiger partial charge in [0.15, 0.2) is 0 Å². The van der Waals surface area contributed by atoms with E-state index in [0.717, 1.165) is 25.0 Å². The molecule has 0 atom stereocenters. The molecule has 1 aromatic carbocycles. The van der Waals surface area contributed by atoms with Crippen molar-refractivity contribution in [3.05, 3.63) is 29.8 Å². The number of amides is 2. The highest BCUT2D eigenvalue weighted by Crippen LogP contribution is 2.28. The summed E-state index contributed by atoms with van der Waals surface area (Å²) in [6, 6.07) is 7.12. The lowest BCUT2D eigenvalue weighted by molar-refractivity contribution is -0.122. The normalized spacial score (nSPS) is 13.7. The van der Waals surface area contributed by atoms with Crippen molar-refractivity contribution in [2.24, 2.45) is 11.8 Å². The Morgan fingerprint density at radius 1 is 1.13 bits per heavy atom. The number of benzene rings is 1. The summed E-state index contributed by atoms with van der Waals surface area (Å²) in [5.74, 6) is 1.55. The van der Waals surface area contributed by atoms with E-state index in [1.165, 1.54) is 0 Å².